The van der Waals surface area contributed by atoms with Crippen molar-refractivity contribution in [3.05, 3.63) is 29.8 Å². The van der Waals surface area contributed by atoms with E-state index in [2.05, 4.69) is 5.32 Å². The average Bonchev–Trinajstić information content (AvgIpc) is 2.38. The van der Waals surface area contributed by atoms with Gasteiger partial charge in [-0.15, -0.1) is 0 Å². The highest BCUT2D eigenvalue weighted by atomic mass is 16.4. The van der Waals surface area contributed by atoms with Crippen LogP contribution in [0.4, 0.5) is 5.69 Å². The number of carbonyl (C=O) groups is 2. The first-order chi connectivity index (χ1) is 9.13. The number of unbranched alkanes of at least 4 members (excludes halogenated alkanes) is 1. The van der Waals surface area contributed by atoms with Crippen molar-refractivity contribution in [2.75, 3.05) is 11.9 Å². The first-order valence-electron chi connectivity index (χ1n) is 6.43. The van der Waals surface area contributed by atoms with E-state index in [1.165, 1.54) is 0 Å². The van der Waals surface area contributed by atoms with Crippen molar-refractivity contribution < 1.29 is 14.7 Å². The molecule has 104 valence electrons. The van der Waals surface area contributed by atoms with E-state index in [-0.39, 0.29) is 12.3 Å². The van der Waals surface area contributed by atoms with E-state index in [9.17, 15) is 9.59 Å². The second-order valence-electron chi connectivity index (χ2n) is 4.34. The predicted molar refractivity (Wildman–Crippen MR) is 73.9 cm³/mol. The first-order valence-corrected chi connectivity index (χ1v) is 6.43. The van der Waals surface area contributed by atoms with Crippen molar-refractivity contribution in [1.29, 1.82) is 0 Å². The number of carboxylic acid groups (broad SMARTS) is 1. The smallest absolute Gasteiger partial charge is 0.303 e. The summed E-state index contributed by atoms with van der Waals surface area (Å²) >= 11 is 0. The van der Waals surface area contributed by atoms with Crippen LogP contribution in [0.5, 0.6) is 0 Å². The molecule has 0 heterocycles. The van der Waals surface area contributed by atoms with E-state index < -0.39 is 5.97 Å². The van der Waals surface area contributed by atoms with E-state index >= 15 is 0 Å². The minimum absolute atomic E-state index is 0.0556. The average molecular weight is 264 g/mol. The maximum atomic E-state index is 11.7. The van der Waals surface area contributed by atoms with Crippen LogP contribution in [0, 0.1) is 0 Å². The Morgan fingerprint density at radius 3 is 2.58 bits per heavy atom. The maximum absolute atomic E-state index is 11.7. The summed E-state index contributed by atoms with van der Waals surface area (Å²) in [4.78, 5) is 22.3. The molecular weight excluding hydrogens is 244 g/mol. The van der Waals surface area contributed by atoms with Crippen LogP contribution in [0.25, 0.3) is 0 Å². The van der Waals surface area contributed by atoms with Crippen molar-refractivity contribution in [3.63, 3.8) is 0 Å². The largest absolute Gasteiger partial charge is 0.481 e. The Morgan fingerprint density at radius 1 is 1.16 bits per heavy atom. The summed E-state index contributed by atoms with van der Waals surface area (Å²) in [6, 6.07) is 7.28. The Balaban J connectivity index is 2.56. The first kappa shape index (κ1) is 15.2. The maximum Gasteiger partial charge on any atom is 0.303 e. The van der Waals surface area contributed by atoms with Gasteiger partial charge in [0.25, 0.3) is 0 Å². The summed E-state index contributed by atoms with van der Waals surface area (Å²) in [6.45, 7) is 0.586. The third-order valence-electron chi connectivity index (χ3n) is 2.76. The zero-order chi connectivity index (χ0) is 14.1. The molecule has 5 nitrogen and oxygen atoms in total. The van der Waals surface area contributed by atoms with Crippen LogP contribution in [0.2, 0.25) is 0 Å². The number of para-hydroxylation sites is 1. The van der Waals surface area contributed by atoms with Crippen molar-refractivity contribution in [2.24, 2.45) is 5.73 Å². The van der Waals surface area contributed by atoms with Crippen LogP contribution in [-0.2, 0) is 16.0 Å². The molecule has 0 saturated heterocycles. The fourth-order valence-electron chi connectivity index (χ4n) is 1.74. The molecule has 4 N–H and O–H groups in total. The molecule has 1 aromatic carbocycles. The molecule has 1 aromatic rings. The molecule has 1 amide bonds. The number of carboxylic acids is 1. The summed E-state index contributed by atoms with van der Waals surface area (Å²) in [5, 5.41) is 11.5. The number of nitrogens with one attached hydrogen (secondary N) is 1. The molecule has 0 aromatic heterocycles. The van der Waals surface area contributed by atoms with Gasteiger partial charge in [0.2, 0.25) is 5.91 Å². The minimum atomic E-state index is -0.843. The van der Waals surface area contributed by atoms with Crippen LogP contribution in [0.15, 0.2) is 24.3 Å². The highest BCUT2D eigenvalue weighted by molar-refractivity contribution is 5.91. The molecule has 0 spiro atoms. The number of benzene rings is 1. The quantitative estimate of drug-likeness (QED) is 0.624. The molecule has 0 bridgehead atoms. The zero-order valence-corrected chi connectivity index (χ0v) is 10.9. The summed E-state index contributed by atoms with van der Waals surface area (Å²) in [5.41, 5.74) is 6.91. The molecule has 0 unspecified atom stereocenters. The van der Waals surface area contributed by atoms with Gasteiger partial charge in [-0.1, -0.05) is 18.2 Å². The monoisotopic (exact) mass is 264 g/mol. The molecule has 0 atom stereocenters. The molecule has 0 saturated carbocycles. The van der Waals surface area contributed by atoms with Gasteiger partial charge in [-0.05, 0) is 37.4 Å². The van der Waals surface area contributed by atoms with Gasteiger partial charge < -0.3 is 16.2 Å². The van der Waals surface area contributed by atoms with Gasteiger partial charge in [-0.25, -0.2) is 0 Å². The van der Waals surface area contributed by atoms with Gasteiger partial charge in [0.1, 0.15) is 0 Å². The van der Waals surface area contributed by atoms with Crippen molar-refractivity contribution in [2.45, 2.75) is 32.1 Å². The van der Waals surface area contributed by atoms with Crippen molar-refractivity contribution in [1.82, 2.24) is 0 Å². The summed E-state index contributed by atoms with van der Waals surface area (Å²) < 4.78 is 0. The Hall–Kier alpha value is -1.88. The Bertz CT molecular complexity index is 432. The lowest BCUT2D eigenvalue weighted by molar-refractivity contribution is -0.136. The highest BCUT2D eigenvalue weighted by Crippen LogP contribution is 2.17. The number of hydrogen-bond donors (Lipinski definition) is 3. The van der Waals surface area contributed by atoms with E-state index in [1.54, 1.807) is 6.07 Å². The lowest BCUT2D eigenvalue weighted by atomic mass is 10.1. The van der Waals surface area contributed by atoms with Gasteiger partial charge in [-0.3, -0.25) is 9.59 Å². The standard InChI is InChI=1S/C14H20N2O3/c15-10-4-3-7-13(17)16-12-6-2-1-5-11(12)8-9-14(18)19/h1-2,5-6H,3-4,7-10,15H2,(H,16,17)(H,18,19). The number of anilines is 1. The molecule has 0 fully saturated rings. The fraction of sp³-hybridized carbons (Fsp3) is 0.429. The zero-order valence-electron chi connectivity index (χ0n) is 10.9. The molecule has 0 aliphatic heterocycles. The number of aryl methyl sites for hydroxylation is 1. The minimum Gasteiger partial charge on any atom is -0.481 e. The molecule has 19 heavy (non-hydrogen) atoms. The lowest BCUT2D eigenvalue weighted by Gasteiger charge is -2.10. The Kier molecular flexibility index (Phi) is 6.60. The summed E-state index contributed by atoms with van der Waals surface area (Å²) in [7, 11) is 0. The normalized spacial score (nSPS) is 10.2. The lowest BCUT2D eigenvalue weighted by Crippen LogP contribution is -2.13. The summed E-state index contributed by atoms with van der Waals surface area (Å²) in [6.07, 6.45) is 2.49. The molecular formula is C14H20N2O3. The van der Waals surface area contributed by atoms with E-state index in [1.807, 2.05) is 18.2 Å². The van der Waals surface area contributed by atoms with Gasteiger partial charge in [0.15, 0.2) is 0 Å². The fourth-order valence-corrected chi connectivity index (χ4v) is 1.74. The predicted octanol–water partition coefficient (Wildman–Crippen LogP) is 1.77. The molecule has 0 aliphatic rings. The van der Waals surface area contributed by atoms with Gasteiger partial charge in [0, 0.05) is 18.5 Å². The second kappa shape index (κ2) is 8.26. The number of rotatable bonds is 8. The van der Waals surface area contributed by atoms with Crippen LogP contribution < -0.4 is 11.1 Å². The number of carbonyl (C=O) groups excluding carboxylic acids is 1. The molecule has 5 heteroatoms. The SMILES string of the molecule is NCCCCC(=O)Nc1ccccc1CCC(=O)O. The van der Waals surface area contributed by atoms with E-state index in [0.717, 1.165) is 18.4 Å². The Labute approximate surface area is 112 Å². The summed E-state index contributed by atoms with van der Waals surface area (Å²) in [5.74, 6) is -0.902. The van der Waals surface area contributed by atoms with Crippen molar-refractivity contribution in [3.8, 4) is 0 Å². The van der Waals surface area contributed by atoms with Gasteiger partial charge in [-0.2, -0.15) is 0 Å². The number of nitrogens with two attached hydrogens (primary N) is 1. The van der Waals surface area contributed by atoms with Gasteiger partial charge in [0.05, 0.1) is 0 Å². The third-order valence-corrected chi connectivity index (χ3v) is 2.76. The topological polar surface area (TPSA) is 92.4 Å². The van der Waals surface area contributed by atoms with E-state index in [4.69, 9.17) is 10.8 Å². The van der Waals surface area contributed by atoms with Crippen LogP contribution in [-0.4, -0.2) is 23.5 Å². The third kappa shape index (κ3) is 6.01. The molecule has 1 rings (SSSR count). The van der Waals surface area contributed by atoms with Crippen LogP contribution in [0.3, 0.4) is 0 Å². The van der Waals surface area contributed by atoms with Crippen LogP contribution >= 0.6 is 0 Å². The van der Waals surface area contributed by atoms with Crippen LogP contribution in [0.1, 0.15) is 31.2 Å². The van der Waals surface area contributed by atoms with E-state index in [0.29, 0.717) is 25.1 Å². The van der Waals surface area contributed by atoms with Crippen molar-refractivity contribution >= 4 is 17.6 Å². The second-order valence-corrected chi connectivity index (χ2v) is 4.34. The highest BCUT2D eigenvalue weighted by Gasteiger charge is 2.07. The molecule has 0 aliphatic carbocycles. The number of aliphatic carboxylic acids is 1. The van der Waals surface area contributed by atoms with Gasteiger partial charge >= 0.3 is 5.97 Å². The number of hydrogen-bond acceptors (Lipinski definition) is 3. The Morgan fingerprint density at radius 2 is 1.89 bits per heavy atom. The number of amides is 1. The molecule has 0 radical (unpaired) electrons.